The van der Waals surface area contributed by atoms with Gasteiger partial charge in [-0.05, 0) is 18.6 Å². The van der Waals surface area contributed by atoms with Crippen molar-refractivity contribution in [2.45, 2.75) is 26.8 Å². The number of hydrogen-bond donors (Lipinski definition) is 1. The van der Waals surface area contributed by atoms with E-state index in [-0.39, 0.29) is 11.4 Å². The molecule has 0 radical (unpaired) electrons. The Labute approximate surface area is 113 Å². The monoisotopic (exact) mass is 266 g/mol. The van der Waals surface area contributed by atoms with Crippen molar-refractivity contribution in [1.29, 1.82) is 0 Å². The Hall–Kier alpha value is -1.49. The molecule has 1 aliphatic heterocycles. The highest BCUT2D eigenvalue weighted by Gasteiger charge is 2.34. The van der Waals surface area contributed by atoms with Crippen molar-refractivity contribution in [3.63, 3.8) is 0 Å². The molecule has 0 spiro atoms. The molecule has 106 valence electrons. The largest absolute Gasteiger partial charge is 0.467 e. The van der Waals surface area contributed by atoms with E-state index in [0.29, 0.717) is 13.1 Å². The van der Waals surface area contributed by atoms with Gasteiger partial charge in [-0.1, -0.05) is 13.8 Å². The van der Waals surface area contributed by atoms with Crippen LogP contribution in [0.15, 0.2) is 22.8 Å². The van der Waals surface area contributed by atoms with Gasteiger partial charge < -0.3 is 19.4 Å². The van der Waals surface area contributed by atoms with E-state index < -0.39 is 0 Å². The lowest BCUT2D eigenvalue weighted by Gasteiger charge is -2.38. The summed E-state index contributed by atoms with van der Waals surface area (Å²) < 4.78 is 10.5. The van der Waals surface area contributed by atoms with E-state index in [1.807, 2.05) is 12.1 Å². The number of hydrogen-bond acceptors (Lipinski definition) is 3. The molecule has 2 amide bonds. The summed E-state index contributed by atoms with van der Waals surface area (Å²) in [4.78, 5) is 14.0. The quantitative estimate of drug-likeness (QED) is 0.859. The van der Waals surface area contributed by atoms with Crippen molar-refractivity contribution < 1.29 is 13.9 Å². The maximum absolute atomic E-state index is 12.2. The van der Waals surface area contributed by atoms with E-state index in [9.17, 15) is 4.79 Å². The second-order valence-electron chi connectivity index (χ2n) is 5.46. The van der Waals surface area contributed by atoms with Crippen LogP contribution in [-0.2, 0) is 11.3 Å². The SMILES string of the molecule is CCCN(Cc1ccco1)C(=O)NCC1(C)COC1. The highest BCUT2D eigenvalue weighted by atomic mass is 16.5. The number of carbonyl (C=O) groups is 1. The first-order chi connectivity index (χ1) is 9.13. The minimum Gasteiger partial charge on any atom is -0.467 e. The molecular formula is C14H22N2O3. The number of nitrogens with zero attached hydrogens (tertiary/aromatic N) is 1. The minimum absolute atomic E-state index is 0.0358. The zero-order valence-electron chi connectivity index (χ0n) is 11.6. The third kappa shape index (κ3) is 3.73. The predicted molar refractivity (Wildman–Crippen MR) is 71.7 cm³/mol. The summed E-state index contributed by atoms with van der Waals surface area (Å²) in [5.41, 5.74) is 0.0955. The molecule has 0 aliphatic carbocycles. The molecule has 5 heteroatoms. The van der Waals surface area contributed by atoms with Crippen molar-refractivity contribution in [2.75, 3.05) is 26.3 Å². The maximum atomic E-state index is 12.2. The van der Waals surface area contributed by atoms with Gasteiger partial charge in [0.1, 0.15) is 5.76 Å². The van der Waals surface area contributed by atoms with Gasteiger partial charge in [0.15, 0.2) is 0 Å². The van der Waals surface area contributed by atoms with Crippen molar-refractivity contribution >= 4 is 6.03 Å². The Morgan fingerprint density at radius 2 is 2.32 bits per heavy atom. The van der Waals surface area contributed by atoms with Crippen LogP contribution in [-0.4, -0.2) is 37.2 Å². The lowest BCUT2D eigenvalue weighted by atomic mass is 9.89. The number of urea groups is 1. The first-order valence-electron chi connectivity index (χ1n) is 6.76. The van der Waals surface area contributed by atoms with Gasteiger partial charge in [-0.3, -0.25) is 0 Å². The molecule has 1 aliphatic rings. The molecule has 1 saturated heterocycles. The van der Waals surface area contributed by atoms with E-state index in [1.165, 1.54) is 0 Å². The lowest BCUT2D eigenvalue weighted by molar-refractivity contribution is -0.0978. The van der Waals surface area contributed by atoms with Crippen LogP contribution >= 0.6 is 0 Å². The van der Waals surface area contributed by atoms with Crippen LogP contribution in [0.5, 0.6) is 0 Å². The average molecular weight is 266 g/mol. The van der Waals surface area contributed by atoms with Gasteiger partial charge >= 0.3 is 6.03 Å². The number of ether oxygens (including phenoxy) is 1. The number of carbonyl (C=O) groups excluding carboxylic acids is 1. The number of rotatable bonds is 6. The summed E-state index contributed by atoms with van der Waals surface area (Å²) in [6, 6.07) is 3.69. The Kier molecular flexibility index (Phi) is 4.47. The third-order valence-electron chi connectivity index (χ3n) is 3.27. The van der Waals surface area contributed by atoms with E-state index >= 15 is 0 Å². The predicted octanol–water partition coefficient (Wildman–Crippen LogP) is 2.24. The molecule has 0 atom stereocenters. The Balaban J connectivity index is 1.84. The number of furan rings is 1. The van der Waals surface area contributed by atoms with Crippen molar-refractivity contribution in [3.05, 3.63) is 24.2 Å². The van der Waals surface area contributed by atoms with Gasteiger partial charge in [0, 0.05) is 18.5 Å². The minimum atomic E-state index is -0.0358. The second kappa shape index (κ2) is 6.10. The average Bonchev–Trinajstić information content (AvgIpc) is 2.86. The molecule has 5 nitrogen and oxygen atoms in total. The van der Waals surface area contributed by atoms with Crippen LogP contribution in [0.1, 0.15) is 26.0 Å². The summed E-state index contributed by atoms with van der Waals surface area (Å²) in [7, 11) is 0. The number of amides is 2. The molecule has 0 bridgehead atoms. The molecule has 1 aromatic rings. The Morgan fingerprint density at radius 3 is 2.84 bits per heavy atom. The van der Waals surface area contributed by atoms with Crippen LogP contribution in [0.4, 0.5) is 4.79 Å². The van der Waals surface area contributed by atoms with E-state index in [0.717, 1.165) is 31.9 Å². The maximum Gasteiger partial charge on any atom is 0.317 e. The summed E-state index contributed by atoms with van der Waals surface area (Å²) >= 11 is 0. The molecule has 1 aromatic heterocycles. The van der Waals surface area contributed by atoms with Gasteiger partial charge in [-0.2, -0.15) is 0 Å². The highest BCUT2D eigenvalue weighted by molar-refractivity contribution is 5.74. The lowest BCUT2D eigenvalue weighted by Crippen LogP contribution is -2.51. The van der Waals surface area contributed by atoms with Crippen LogP contribution in [0.25, 0.3) is 0 Å². The van der Waals surface area contributed by atoms with Gasteiger partial charge in [0.05, 0.1) is 26.0 Å². The van der Waals surface area contributed by atoms with Crippen molar-refractivity contribution in [2.24, 2.45) is 5.41 Å². The third-order valence-corrected chi connectivity index (χ3v) is 3.27. The molecular weight excluding hydrogens is 244 g/mol. The smallest absolute Gasteiger partial charge is 0.317 e. The second-order valence-corrected chi connectivity index (χ2v) is 5.46. The van der Waals surface area contributed by atoms with E-state index in [1.54, 1.807) is 11.2 Å². The normalized spacial score (nSPS) is 16.7. The van der Waals surface area contributed by atoms with Crippen molar-refractivity contribution in [1.82, 2.24) is 10.2 Å². The van der Waals surface area contributed by atoms with Crippen LogP contribution in [0.3, 0.4) is 0 Å². The fourth-order valence-electron chi connectivity index (χ4n) is 2.07. The zero-order chi connectivity index (χ0) is 13.7. The van der Waals surface area contributed by atoms with Crippen molar-refractivity contribution in [3.8, 4) is 0 Å². The van der Waals surface area contributed by atoms with E-state index in [4.69, 9.17) is 9.15 Å². The molecule has 0 unspecified atom stereocenters. The number of nitrogens with one attached hydrogen (secondary N) is 1. The summed E-state index contributed by atoms with van der Waals surface area (Å²) in [6.45, 7) is 7.51. The zero-order valence-corrected chi connectivity index (χ0v) is 11.6. The molecule has 2 rings (SSSR count). The Bertz CT molecular complexity index is 399. The highest BCUT2D eigenvalue weighted by Crippen LogP contribution is 2.25. The van der Waals surface area contributed by atoms with Gasteiger partial charge in [0.2, 0.25) is 0 Å². The van der Waals surface area contributed by atoms with Crippen LogP contribution < -0.4 is 5.32 Å². The van der Waals surface area contributed by atoms with Crippen LogP contribution in [0, 0.1) is 5.41 Å². The van der Waals surface area contributed by atoms with Gasteiger partial charge in [-0.25, -0.2) is 4.79 Å². The molecule has 2 heterocycles. The van der Waals surface area contributed by atoms with E-state index in [2.05, 4.69) is 19.2 Å². The standard InChI is InChI=1S/C14H22N2O3/c1-3-6-16(8-12-5-4-7-19-12)13(17)15-9-14(2)10-18-11-14/h4-5,7H,3,6,8-11H2,1-2H3,(H,15,17). The van der Waals surface area contributed by atoms with Gasteiger partial charge in [-0.15, -0.1) is 0 Å². The molecule has 1 N–H and O–H groups in total. The fourth-order valence-corrected chi connectivity index (χ4v) is 2.07. The van der Waals surface area contributed by atoms with Gasteiger partial charge in [0.25, 0.3) is 0 Å². The first-order valence-corrected chi connectivity index (χ1v) is 6.76. The summed E-state index contributed by atoms with van der Waals surface area (Å²) in [5.74, 6) is 0.807. The fraction of sp³-hybridized carbons (Fsp3) is 0.643. The molecule has 0 saturated carbocycles. The Morgan fingerprint density at radius 1 is 1.53 bits per heavy atom. The summed E-state index contributed by atoms with van der Waals surface area (Å²) in [6.07, 6.45) is 2.55. The first kappa shape index (κ1) is 13.9. The van der Waals surface area contributed by atoms with Crippen LogP contribution in [0.2, 0.25) is 0 Å². The molecule has 1 fully saturated rings. The summed E-state index contributed by atoms with van der Waals surface area (Å²) in [5, 5.41) is 2.99. The molecule has 19 heavy (non-hydrogen) atoms. The molecule has 0 aromatic carbocycles. The topological polar surface area (TPSA) is 54.7 Å².